The van der Waals surface area contributed by atoms with Gasteiger partial charge in [0.2, 0.25) is 0 Å². The van der Waals surface area contributed by atoms with Crippen LogP contribution in [0.2, 0.25) is 0 Å². The van der Waals surface area contributed by atoms with Crippen molar-refractivity contribution in [1.82, 2.24) is 0 Å². The number of carbonyl (C=O) groups excluding carboxylic acids is 1. The first-order valence-electron chi connectivity index (χ1n) is 6.37. The molecular weight excluding hydrogens is 252 g/mol. The van der Waals surface area contributed by atoms with Gasteiger partial charge in [-0.15, -0.1) is 0 Å². The monoisotopic (exact) mass is 274 g/mol. The third kappa shape index (κ3) is 9.61. The second kappa shape index (κ2) is 9.91. The molecular formula is C13H22O6. The fourth-order valence-corrected chi connectivity index (χ4v) is 1.14. The maximum atomic E-state index is 11.0. The Morgan fingerprint density at radius 3 is 2.16 bits per heavy atom. The summed E-state index contributed by atoms with van der Waals surface area (Å²) in [4.78, 5) is 11.0. The van der Waals surface area contributed by atoms with E-state index in [4.69, 9.17) is 23.7 Å². The van der Waals surface area contributed by atoms with Crippen molar-refractivity contribution < 1.29 is 28.5 Å². The summed E-state index contributed by atoms with van der Waals surface area (Å²) in [6.45, 7) is 9.21. The van der Waals surface area contributed by atoms with Crippen molar-refractivity contribution in [2.45, 2.75) is 13.0 Å². The lowest BCUT2D eigenvalue weighted by Gasteiger charge is -2.07. The minimum absolute atomic E-state index is 0.232. The van der Waals surface area contributed by atoms with E-state index in [0.29, 0.717) is 51.3 Å². The lowest BCUT2D eigenvalue weighted by molar-refractivity contribution is -0.140. The fourth-order valence-electron chi connectivity index (χ4n) is 1.14. The van der Waals surface area contributed by atoms with E-state index in [2.05, 4.69) is 6.58 Å². The minimum atomic E-state index is -0.392. The molecule has 0 N–H and O–H groups in total. The van der Waals surface area contributed by atoms with Crippen LogP contribution in [0.15, 0.2) is 12.2 Å². The molecule has 0 amide bonds. The van der Waals surface area contributed by atoms with E-state index < -0.39 is 5.97 Å². The van der Waals surface area contributed by atoms with Crippen LogP contribution in [0.25, 0.3) is 0 Å². The molecule has 1 aliphatic rings. The summed E-state index contributed by atoms with van der Waals surface area (Å²) in [5.74, 6) is -0.392. The van der Waals surface area contributed by atoms with Gasteiger partial charge >= 0.3 is 5.97 Å². The first kappa shape index (κ1) is 16.1. The van der Waals surface area contributed by atoms with Crippen LogP contribution in [0.4, 0.5) is 0 Å². The van der Waals surface area contributed by atoms with Crippen LogP contribution in [-0.4, -0.2) is 64.9 Å². The van der Waals surface area contributed by atoms with Crippen LogP contribution in [0.1, 0.15) is 6.92 Å². The SMILES string of the molecule is C=C(C)C(=O)OCCOCCOCCOCC1CO1. The van der Waals surface area contributed by atoms with Gasteiger partial charge in [0.15, 0.2) is 0 Å². The molecule has 1 fully saturated rings. The Morgan fingerprint density at radius 2 is 1.63 bits per heavy atom. The maximum absolute atomic E-state index is 11.0. The average Bonchev–Trinajstić information content (AvgIpc) is 3.19. The molecule has 19 heavy (non-hydrogen) atoms. The molecule has 0 aromatic rings. The topological polar surface area (TPSA) is 66.5 Å². The zero-order valence-corrected chi connectivity index (χ0v) is 11.4. The smallest absolute Gasteiger partial charge is 0.333 e. The number of ether oxygens (including phenoxy) is 5. The van der Waals surface area contributed by atoms with Gasteiger partial charge in [0.25, 0.3) is 0 Å². The van der Waals surface area contributed by atoms with Gasteiger partial charge < -0.3 is 23.7 Å². The van der Waals surface area contributed by atoms with E-state index in [0.717, 1.165) is 6.61 Å². The second-order valence-electron chi connectivity index (χ2n) is 4.17. The average molecular weight is 274 g/mol. The van der Waals surface area contributed by atoms with E-state index in [9.17, 15) is 4.79 Å². The summed E-state index contributed by atoms with van der Waals surface area (Å²) < 4.78 is 25.7. The Morgan fingerprint density at radius 1 is 1.11 bits per heavy atom. The highest BCUT2D eigenvalue weighted by Gasteiger charge is 2.21. The summed E-state index contributed by atoms with van der Waals surface area (Å²) in [5.41, 5.74) is 0.389. The van der Waals surface area contributed by atoms with Crippen molar-refractivity contribution in [3.8, 4) is 0 Å². The van der Waals surface area contributed by atoms with Crippen molar-refractivity contribution in [2.75, 3.05) is 52.9 Å². The van der Waals surface area contributed by atoms with E-state index in [1.165, 1.54) is 0 Å². The van der Waals surface area contributed by atoms with E-state index in [1.54, 1.807) is 6.92 Å². The van der Waals surface area contributed by atoms with Crippen molar-refractivity contribution in [2.24, 2.45) is 0 Å². The molecule has 0 aliphatic carbocycles. The fraction of sp³-hybridized carbons (Fsp3) is 0.769. The molecule has 1 aliphatic heterocycles. The normalized spacial score (nSPS) is 17.2. The Labute approximate surface area is 113 Å². The Balaban J connectivity index is 1.71. The van der Waals surface area contributed by atoms with Crippen LogP contribution in [-0.2, 0) is 28.5 Å². The summed E-state index contributed by atoms with van der Waals surface area (Å²) in [6.07, 6.45) is 0.297. The molecule has 0 saturated carbocycles. The van der Waals surface area contributed by atoms with Crippen LogP contribution in [0.3, 0.4) is 0 Å². The Hall–Kier alpha value is -0.950. The molecule has 1 atom stereocenters. The number of hydrogen-bond acceptors (Lipinski definition) is 6. The van der Waals surface area contributed by atoms with Crippen molar-refractivity contribution >= 4 is 5.97 Å². The van der Waals surface area contributed by atoms with Crippen LogP contribution < -0.4 is 0 Å². The summed E-state index contributed by atoms with van der Waals surface area (Å²) in [5, 5.41) is 0. The zero-order chi connectivity index (χ0) is 13.9. The number of hydrogen-bond donors (Lipinski definition) is 0. The standard InChI is InChI=1S/C13H22O6/c1-11(2)13(14)18-8-7-16-4-3-15-5-6-17-9-12-10-19-12/h12H,1,3-10H2,2H3. The Kier molecular flexibility index (Phi) is 8.40. The van der Waals surface area contributed by atoms with Gasteiger partial charge in [-0.1, -0.05) is 6.58 Å². The molecule has 0 aromatic carbocycles. The first-order valence-corrected chi connectivity index (χ1v) is 6.37. The highest BCUT2D eigenvalue weighted by Crippen LogP contribution is 2.07. The van der Waals surface area contributed by atoms with Crippen LogP contribution >= 0.6 is 0 Å². The molecule has 110 valence electrons. The third-order valence-electron chi connectivity index (χ3n) is 2.26. The van der Waals surface area contributed by atoms with Gasteiger partial charge in [-0.3, -0.25) is 0 Å². The van der Waals surface area contributed by atoms with Crippen molar-refractivity contribution in [3.63, 3.8) is 0 Å². The number of epoxide rings is 1. The van der Waals surface area contributed by atoms with Crippen LogP contribution in [0.5, 0.6) is 0 Å². The number of rotatable bonds is 12. The third-order valence-corrected chi connectivity index (χ3v) is 2.26. The summed E-state index contributed by atoms with van der Waals surface area (Å²) in [6, 6.07) is 0. The molecule has 1 rings (SSSR count). The van der Waals surface area contributed by atoms with E-state index >= 15 is 0 Å². The van der Waals surface area contributed by atoms with Crippen LogP contribution in [0, 0.1) is 0 Å². The zero-order valence-electron chi connectivity index (χ0n) is 11.4. The number of carbonyl (C=O) groups is 1. The lowest BCUT2D eigenvalue weighted by Crippen LogP contribution is -2.14. The molecule has 1 unspecified atom stereocenters. The van der Waals surface area contributed by atoms with Gasteiger partial charge in [-0.25, -0.2) is 4.79 Å². The molecule has 1 heterocycles. The van der Waals surface area contributed by atoms with Crippen molar-refractivity contribution in [1.29, 1.82) is 0 Å². The molecule has 0 bridgehead atoms. The first-order chi connectivity index (χ1) is 9.20. The van der Waals surface area contributed by atoms with Crippen molar-refractivity contribution in [3.05, 3.63) is 12.2 Å². The molecule has 6 nitrogen and oxygen atoms in total. The second-order valence-corrected chi connectivity index (χ2v) is 4.17. The van der Waals surface area contributed by atoms with Gasteiger partial charge in [0.05, 0.1) is 46.2 Å². The van der Waals surface area contributed by atoms with E-state index in [1.807, 2.05) is 0 Å². The highest BCUT2D eigenvalue weighted by molar-refractivity contribution is 5.86. The maximum Gasteiger partial charge on any atom is 0.333 e. The summed E-state index contributed by atoms with van der Waals surface area (Å²) >= 11 is 0. The van der Waals surface area contributed by atoms with Gasteiger partial charge in [0, 0.05) is 5.57 Å². The highest BCUT2D eigenvalue weighted by atomic mass is 16.6. The molecule has 1 saturated heterocycles. The predicted molar refractivity (Wildman–Crippen MR) is 68.0 cm³/mol. The van der Waals surface area contributed by atoms with Gasteiger partial charge in [-0.05, 0) is 6.92 Å². The minimum Gasteiger partial charge on any atom is -0.460 e. The summed E-state index contributed by atoms with van der Waals surface area (Å²) in [7, 11) is 0. The lowest BCUT2D eigenvalue weighted by atomic mass is 10.4. The molecule has 0 aromatic heterocycles. The quantitative estimate of drug-likeness (QED) is 0.224. The Bertz CT molecular complexity index is 274. The largest absolute Gasteiger partial charge is 0.460 e. The van der Waals surface area contributed by atoms with Gasteiger partial charge in [-0.2, -0.15) is 0 Å². The number of esters is 1. The molecule has 0 radical (unpaired) electrons. The van der Waals surface area contributed by atoms with E-state index in [-0.39, 0.29) is 6.61 Å². The molecule has 0 spiro atoms. The predicted octanol–water partition coefficient (Wildman–Crippen LogP) is 0.554. The molecule has 6 heteroatoms. The van der Waals surface area contributed by atoms with Gasteiger partial charge in [0.1, 0.15) is 12.7 Å².